The number of carboxylic acids is 1. The van der Waals surface area contributed by atoms with Crippen molar-refractivity contribution in [1.82, 2.24) is 0 Å². The van der Waals surface area contributed by atoms with Crippen molar-refractivity contribution in [3.05, 3.63) is 59.7 Å². The van der Waals surface area contributed by atoms with Crippen LogP contribution in [0.3, 0.4) is 0 Å². The minimum absolute atomic E-state index is 0.0517. The molecule has 2 rings (SSSR count). The van der Waals surface area contributed by atoms with Crippen LogP contribution in [0.5, 0.6) is 11.5 Å². The lowest BCUT2D eigenvalue weighted by Crippen LogP contribution is -2.05. The van der Waals surface area contributed by atoms with Crippen LogP contribution in [0.1, 0.15) is 15.9 Å². The number of methoxy groups -OCH3 is 1. The third kappa shape index (κ3) is 3.77. The summed E-state index contributed by atoms with van der Waals surface area (Å²) >= 11 is 0. The van der Waals surface area contributed by atoms with Gasteiger partial charge in [-0.05, 0) is 24.3 Å². The van der Waals surface area contributed by atoms with Gasteiger partial charge in [0.05, 0.1) is 7.11 Å². The van der Waals surface area contributed by atoms with Gasteiger partial charge in [0.2, 0.25) is 0 Å². The van der Waals surface area contributed by atoms with Crippen molar-refractivity contribution in [2.75, 3.05) is 13.7 Å². The SMILES string of the molecule is COc1cccc(C(=O)O)c1OCC#Cc1ccccc1. The molecule has 2 aromatic carbocycles. The van der Waals surface area contributed by atoms with Crippen LogP contribution in [0.2, 0.25) is 0 Å². The first-order chi connectivity index (χ1) is 10.2. The van der Waals surface area contributed by atoms with E-state index in [0.717, 1.165) is 5.56 Å². The maximum Gasteiger partial charge on any atom is 0.339 e. The van der Waals surface area contributed by atoms with E-state index < -0.39 is 5.97 Å². The first-order valence-corrected chi connectivity index (χ1v) is 6.29. The van der Waals surface area contributed by atoms with Crippen LogP contribution in [-0.4, -0.2) is 24.8 Å². The number of hydrogen-bond acceptors (Lipinski definition) is 3. The second kappa shape index (κ2) is 7.01. The maximum absolute atomic E-state index is 11.2. The summed E-state index contributed by atoms with van der Waals surface area (Å²) < 4.78 is 10.6. The van der Waals surface area contributed by atoms with Crippen LogP contribution >= 0.6 is 0 Å². The monoisotopic (exact) mass is 282 g/mol. The van der Waals surface area contributed by atoms with E-state index in [-0.39, 0.29) is 17.9 Å². The Bertz CT molecular complexity index is 681. The predicted molar refractivity (Wildman–Crippen MR) is 78.8 cm³/mol. The molecule has 2 aromatic rings. The fourth-order valence-corrected chi connectivity index (χ4v) is 1.76. The van der Waals surface area contributed by atoms with E-state index in [1.54, 1.807) is 12.1 Å². The van der Waals surface area contributed by atoms with E-state index in [4.69, 9.17) is 14.6 Å². The number of carboxylic acid groups (broad SMARTS) is 1. The second-order valence-corrected chi connectivity index (χ2v) is 4.10. The number of carbonyl (C=O) groups is 1. The third-order valence-corrected chi connectivity index (χ3v) is 2.72. The number of ether oxygens (including phenoxy) is 2. The van der Waals surface area contributed by atoms with Crippen molar-refractivity contribution in [3.63, 3.8) is 0 Å². The molecule has 0 aromatic heterocycles. The van der Waals surface area contributed by atoms with Crippen LogP contribution in [0.4, 0.5) is 0 Å². The fourth-order valence-electron chi connectivity index (χ4n) is 1.76. The van der Waals surface area contributed by atoms with Gasteiger partial charge < -0.3 is 14.6 Å². The lowest BCUT2D eigenvalue weighted by molar-refractivity contribution is 0.0692. The van der Waals surface area contributed by atoms with Crippen molar-refractivity contribution >= 4 is 5.97 Å². The van der Waals surface area contributed by atoms with Gasteiger partial charge in [-0.15, -0.1) is 0 Å². The highest BCUT2D eigenvalue weighted by Gasteiger charge is 2.15. The number of hydrogen-bond donors (Lipinski definition) is 1. The van der Waals surface area contributed by atoms with Crippen LogP contribution in [0, 0.1) is 11.8 Å². The van der Waals surface area contributed by atoms with Crippen molar-refractivity contribution in [1.29, 1.82) is 0 Å². The maximum atomic E-state index is 11.2. The van der Waals surface area contributed by atoms with Crippen molar-refractivity contribution < 1.29 is 19.4 Å². The lowest BCUT2D eigenvalue weighted by atomic mass is 10.2. The van der Waals surface area contributed by atoms with E-state index >= 15 is 0 Å². The van der Waals surface area contributed by atoms with Gasteiger partial charge in [0, 0.05) is 5.56 Å². The minimum atomic E-state index is -1.07. The first-order valence-electron chi connectivity index (χ1n) is 6.29. The zero-order chi connectivity index (χ0) is 15.1. The van der Waals surface area contributed by atoms with E-state index in [1.807, 2.05) is 30.3 Å². The van der Waals surface area contributed by atoms with Gasteiger partial charge in [-0.2, -0.15) is 0 Å². The van der Waals surface area contributed by atoms with Gasteiger partial charge in [-0.1, -0.05) is 36.1 Å². The minimum Gasteiger partial charge on any atom is -0.493 e. The number of rotatable bonds is 4. The Hall–Kier alpha value is -2.93. The molecule has 0 heterocycles. The summed E-state index contributed by atoms with van der Waals surface area (Å²) in [6.45, 7) is 0.0789. The fraction of sp³-hybridized carbons (Fsp3) is 0.118. The highest BCUT2D eigenvalue weighted by molar-refractivity contribution is 5.92. The van der Waals surface area contributed by atoms with E-state index in [2.05, 4.69) is 11.8 Å². The normalized spacial score (nSPS) is 9.38. The summed E-state index contributed by atoms with van der Waals surface area (Å²) in [6, 6.07) is 14.2. The molecule has 0 amide bonds. The standard InChI is InChI=1S/C17H14O4/c1-20-15-11-5-10-14(17(18)19)16(15)21-12-6-9-13-7-3-2-4-8-13/h2-5,7-8,10-11H,12H2,1H3,(H,18,19). The second-order valence-electron chi connectivity index (χ2n) is 4.10. The van der Waals surface area contributed by atoms with E-state index in [1.165, 1.54) is 13.2 Å². The molecule has 1 N–H and O–H groups in total. The molecular weight excluding hydrogens is 268 g/mol. The van der Waals surface area contributed by atoms with Gasteiger partial charge in [-0.3, -0.25) is 0 Å². The molecule has 0 unspecified atom stereocenters. The number of aromatic carboxylic acids is 1. The summed E-state index contributed by atoms with van der Waals surface area (Å²) in [7, 11) is 1.46. The average Bonchev–Trinajstić information content (AvgIpc) is 2.52. The Labute approximate surface area is 122 Å². The molecule has 4 heteroatoms. The molecule has 4 nitrogen and oxygen atoms in total. The Morgan fingerprint density at radius 3 is 2.57 bits per heavy atom. The lowest BCUT2D eigenvalue weighted by Gasteiger charge is -2.10. The topological polar surface area (TPSA) is 55.8 Å². The molecule has 0 aliphatic carbocycles. The molecule has 0 aliphatic rings. The molecule has 0 atom stereocenters. The molecule has 21 heavy (non-hydrogen) atoms. The van der Waals surface area contributed by atoms with Gasteiger partial charge in [0.25, 0.3) is 0 Å². The summed E-state index contributed by atoms with van der Waals surface area (Å²) in [5.74, 6) is 5.28. The zero-order valence-electron chi connectivity index (χ0n) is 11.5. The quantitative estimate of drug-likeness (QED) is 0.876. The van der Waals surface area contributed by atoms with Gasteiger partial charge >= 0.3 is 5.97 Å². The van der Waals surface area contributed by atoms with Crippen LogP contribution < -0.4 is 9.47 Å². The van der Waals surface area contributed by atoms with Crippen LogP contribution in [0.15, 0.2) is 48.5 Å². The zero-order valence-corrected chi connectivity index (χ0v) is 11.5. The summed E-state index contributed by atoms with van der Waals surface area (Å²) in [6.07, 6.45) is 0. The number of benzene rings is 2. The van der Waals surface area contributed by atoms with Crippen molar-refractivity contribution in [2.45, 2.75) is 0 Å². The van der Waals surface area contributed by atoms with Gasteiger partial charge in [0.1, 0.15) is 12.2 Å². The molecule has 0 fully saturated rings. The molecular formula is C17H14O4. The van der Waals surface area contributed by atoms with Gasteiger partial charge in [0.15, 0.2) is 11.5 Å². The van der Waals surface area contributed by atoms with Crippen molar-refractivity contribution in [3.8, 4) is 23.3 Å². The largest absolute Gasteiger partial charge is 0.493 e. The molecule has 0 bridgehead atoms. The molecule has 0 saturated heterocycles. The summed E-state index contributed by atoms with van der Waals surface area (Å²) in [5, 5.41) is 9.15. The van der Waals surface area contributed by atoms with Crippen LogP contribution in [-0.2, 0) is 0 Å². The van der Waals surface area contributed by atoms with Crippen molar-refractivity contribution in [2.24, 2.45) is 0 Å². The molecule has 106 valence electrons. The Morgan fingerprint density at radius 1 is 1.14 bits per heavy atom. The summed E-state index contributed by atoms with van der Waals surface area (Å²) in [4.78, 5) is 11.2. The predicted octanol–water partition coefficient (Wildman–Crippen LogP) is 2.82. The van der Waals surface area contributed by atoms with E-state index in [0.29, 0.717) is 5.75 Å². The summed E-state index contributed by atoms with van der Waals surface area (Å²) in [5.41, 5.74) is 0.926. The smallest absolute Gasteiger partial charge is 0.339 e. The number of para-hydroxylation sites is 1. The molecule has 0 radical (unpaired) electrons. The highest BCUT2D eigenvalue weighted by Crippen LogP contribution is 2.30. The molecule has 0 saturated carbocycles. The highest BCUT2D eigenvalue weighted by atomic mass is 16.5. The Balaban J connectivity index is 2.13. The average molecular weight is 282 g/mol. The van der Waals surface area contributed by atoms with Crippen LogP contribution in [0.25, 0.3) is 0 Å². The van der Waals surface area contributed by atoms with Gasteiger partial charge in [-0.25, -0.2) is 4.79 Å². The molecule has 0 aliphatic heterocycles. The third-order valence-electron chi connectivity index (χ3n) is 2.72. The Morgan fingerprint density at radius 2 is 1.90 bits per heavy atom. The van der Waals surface area contributed by atoms with E-state index in [9.17, 15) is 4.79 Å². The first kappa shape index (κ1) is 14.5. The molecule has 0 spiro atoms. The Kier molecular flexibility index (Phi) is 4.84.